The van der Waals surface area contributed by atoms with Gasteiger partial charge < -0.3 is 15.0 Å². The van der Waals surface area contributed by atoms with Crippen LogP contribution in [-0.4, -0.2) is 58.0 Å². The molecule has 4 heterocycles. The molecule has 0 radical (unpaired) electrons. The molecule has 8 heteroatoms. The number of aryl methyl sites for hydroxylation is 1. The smallest absolute Gasteiger partial charge is 0.129 e. The molecule has 0 saturated carbocycles. The third kappa shape index (κ3) is 4.05. The van der Waals surface area contributed by atoms with E-state index in [4.69, 9.17) is 14.8 Å². The molecule has 0 aliphatic carbocycles. The molecule has 8 nitrogen and oxygen atoms in total. The Balaban J connectivity index is 1.52. The van der Waals surface area contributed by atoms with Crippen molar-refractivity contribution in [2.75, 3.05) is 38.2 Å². The molecule has 3 aromatic heterocycles. The molecule has 5 aromatic rings. The lowest BCUT2D eigenvalue weighted by Crippen LogP contribution is -2.43. The van der Waals surface area contributed by atoms with Crippen molar-refractivity contribution in [2.24, 2.45) is 7.05 Å². The zero-order chi connectivity index (χ0) is 24.5. The van der Waals surface area contributed by atoms with Gasteiger partial charge in [0.05, 0.1) is 18.3 Å². The zero-order valence-corrected chi connectivity index (χ0v) is 20.3. The molecular weight excluding hydrogens is 450 g/mol. The normalized spacial score (nSPS) is 13.8. The van der Waals surface area contributed by atoms with E-state index in [9.17, 15) is 0 Å². The van der Waals surface area contributed by atoms with Gasteiger partial charge in [-0.15, -0.1) is 0 Å². The molecule has 1 N–H and O–H groups in total. The van der Waals surface area contributed by atoms with E-state index < -0.39 is 0 Å². The molecule has 1 aliphatic rings. The predicted molar refractivity (Wildman–Crippen MR) is 142 cm³/mol. The number of fused-ring (bicyclic) bond motifs is 1. The second-order valence-corrected chi connectivity index (χ2v) is 8.86. The van der Waals surface area contributed by atoms with E-state index in [0.29, 0.717) is 0 Å². The number of anilines is 1. The fraction of sp³-hybridized carbons (Fsp3) is 0.214. The number of aromatic nitrogens is 5. The number of ether oxygens (including phenoxy) is 1. The van der Waals surface area contributed by atoms with Crippen LogP contribution in [-0.2, 0) is 7.05 Å². The highest BCUT2D eigenvalue weighted by Gasteiger charge is 2.19. The fourth-order valence-electron chi connectivity index (χ4n) is 4.82. The van der Waals surface area contributed by atoms with Crippen LogP contribution in [0.3, 0.4) is 0 Å². The Bertz CT molecular complexity index is 1520. The Labute approximate surface area is 209 Å². The second-order valence-electron chi connectivity index (χ2n) is 8.86. The maximum absolute atomic E-state index is 5.82. The first-order valence-corrected chi connectivity index (χ1v) is 12.1. The predicted octanol–water partition coefficient (Wildman–Crippen LogP) is 4.18. The summed E-state index contributed by atoms with van der Waals surface area (Å²) in [5.41, 5.74) is 6.57. The number of rotatable bonds is 5. The Kier molecular flexibility index (Phi) is 5.79. The summed E-state index contributed by atoms with van der Waals surface area (Å²) in [6, 6.07) is 18.5. The highest BCUT2D eigenvalue weighted by Crippen LogP contribution is 2.39. The Morgan fingerprint density at radius 3 is 2.50 bits per heavy atom. The highest BCUT2D eigenvalue weighted by molar-refractivity contribution is 5.99. The average molecular weight is 478 g/mol. The van der Waals surface area contributed by atoms with Crippen LogP contribution in [0.2, 0.25) is 0 Å². The van der Waals surface area contributed by atoms with Crippen LogP contribution in [0.1, 0.15) is 0 Å². The van der Waals surface area contributed by atoms with Crippen LogP contribution in [0.15, 0.2) is 73.3 Å². The van der Waals surface area contributed by atoms with Gasteiger partial charge in [0.1, 0.15) is 23.6 Å². The molecule has 0 spiro atoms. The maximum atomic E-state index is 5.82. The molecule has 180 valence electrons. The molecular formula is C28H27N7O. The van der Waals surface area contributed by atoms with E-state index >= 15 is 0 Å². The summed E-state index contributed by atoms with van der Waals surface area (Å²) in [6.45, 7) is 3.79. The number of piperazine rings is 1. The lowest BCUT2D eigenvalue weighted by Gasteiger charge is -2.28. The average Bonchev–Trinajstić information content (AvgIpc) is 3.34. The maximum Gasteiger partial charge on any atom is 0.129 e. The van der Waals surface area contributed by atoms with Crippen molar-refractivity contribution in [3.8, 4) is 39.4 Å². The van der Waals surface area contributed by atoms with E-state index in [0.717, 1.165) is 82.3 Å². The van der Waals surface area contributed by atoms with E-state index in [-0.39, 0.29) is 0 Å². The first-order chi connectivity index (χ1) is 17.7. The number of hydrogen-bond acceptors (Lipinski definition) is 7. The minimum atomic E-state index is 0.763. The minimum absolute atomic E-state index is 0.763. The molecule has 2 aromatic carbocycles. The Morgan fingerprint density at radius 2 is 1.69 bits per heavy atom. The quantitative estimate of drug-likeness (QED) is 0.407. The van der Waals surface area contributed by atoms with Gasteiger partial charge in [0.15, 0.2) is 0 Å². The standard InChI is InChI=1S/C28H27N7O/c1-34-17-23(27(33-34)19-6-4-3-5-7-19)28-22-15-21(25(36-2)16-24(22)31-18-32-28)20-8-9-30-26(14-20)35-12-10-29-11-13-35/h3-9,14-18,29H,10-13H2,1-2H3. The van der Waals surface area contributed by atoms with Gasteiger partial charge in [0, 0.05) is 73.8 Å². The van der Waals surface area contributed by atoms with Gasteiger partial charge in [-0.25, -0.2) is 15.0 Å². The van der Waals surface area contributed by atoms with Crippen LogP contribution in [0.5, 0.6) is 5.75 Å². The van der Waals surface area contributed by atoms with Gasteiger partial charge in [-0.2, -0.15) is 5.10 Å². The third-order valence-corrected chi connectivity index (χ3v) is 6.59. The van der Waals surface area contributed by atoms with Gasteiger partial charge in [-0.3, -0.25) is 4.68 Å². The van der Waals surface area contributed by atoms with Crippen LogP contribution < -0.4 is 15.0 Å². The van der Waals surface area contributed by atoms with Crippen molar-refractivity contribution in [2.45, 2.75) is 0 Å². The van der Waals surface area contributed by atoms with Gasteiger partial charge in [-0.05, 0) is 23.8 Å². The molecule has 0 bridgehead atoms. The van der Waals surface area contributed by atoms with Crippen molar-refractivity contribution < 1.29 is 4.74 Å². The largest absolute Gasteiger partial charge is 0.496 e. The van der Waals surface area contributed by atoms with Crippen molar-refractivity contribution in [3.63, 3.8) is 0 Å². The van der Waals surface area contributed by atoms with E-state index in [1.165, 1.54) is 0 Å². The summed E-state index contributed by atoms with van der Waals surface area (Å²) in [4.78, 5) is 16.2. The van der Waals surface area contributed by atoms with Crippen molar-refractivity contribution in [1.29, 1.82) is 0 Å². The van der Waals surface area contributed by atoms with E-state index in [2.05, 4.69) is 44.5 Å². The molecule has 0 unspecified atom stereocenters. The number of benzene rings is 2. The first-order valence-electron chi connectivity index (χ1n) is 12.1. The SMILES string of the molecule is COc1cc2ncnc(-c3cn(C)nc3-c3ccccc3)c2cc1-c1ccnc(N2CCNCC2)c1. The van der Waals surface area contributed by atoms with Crippen LogP contribution >= 0.6 is 0 Å². The summed E-state index contributed by atoms with van der Waals surface area (Å²) in [5.74, 6) is 1.73. The number of methoxy groups -OCH3 is 1. The summed E-state index contributed by atoms with van der Waals surface area (Å²) < 4.78 is 7.65. The fourth-order valence-corrected chi connectivity index (χ4v) is 4.82. The van der Waals surface area contributed by atoms with Gasteiger partial charge in [-0.1, -0.05) is 30.3 Å². The molecule has 6 rings (SSSR count). The molecule has 1 saturated heterocycles. The van der Waals surface area contributed by atoms with E-state index in [1.54, 1.807) is 13.4 Å². The zero-order valence-electron chi connectivity index (χ0n) is 20.3. The van der Waals surface area contributed by atoms with Crippen molar-refractivity contribution in [1.82, 2.24) is 30.0 Å². The lowest BCUT2D eigenvalue weighted by atomic mass is 9.98. The van der Waals surface area contributed by atoms with Gasteiger partial charge in [0.25, 0.3) is 0 Å². The van der Waals surface area contributed by atoms with E-state index in [1.807, 2.05) is 54.5 Å². The third-order valence-electron chi connectivity index (χ3n) is 6.59. The summed E-state index contributed by atoms with van der Waals surface area (Å²) in [5, 5.41) is 9.10. The number of nitrogens with zero attached hydrogens (tertiary/aromatic N) is 6. The van der Waals surface area contributed by atoms with Gasteiger partial charge in [0.2, 0.25) is 0 Å². The Morgan fingerprint density at radius 1 is 0.861 bits per heavy atom. The summed E-state index contributed by atoms with van der Waals surface area (Å²) in [6.07, 6.45) is 5.49. The highest BCUT2D eigenvalue weighted by atomic mass is 16.5. The van der Waals surface area contributed by atoms with Crippen LogP contribution in [0.4, 0.5) is 5.82 Å². The Hall–Kier alpha value is -4.30. The lowest BCUT2D eigenvalue weighted by molar-refractivity contribution is 0.417. The molecule has 36 heavy (non-hydrogen) atoms. The summed E-state index contributed by atoms with van der Waals surface area (Å²) in [7, 11) is 3.63. The monoisotopic (exact) mass is 477 g/mol. The topological polar surface area (TPSA) is 81.0 Å². The number of pyridine rings is 1. The van der Waals surface area contributed by atoms with Crippen LogP contribution in [0, 0.1) is 0 Å². The molecule has 1 aliphatic heterocycles. The first kappa shape index (κ1) is 22.2. The second kappa shape index (κ2) is 9.39. The van der Waals surface area contributed by atoms with Crippen LogP contribution in [0.25, 0.3) is 44.5 Å². The molecule has 0 amide bonds. The molecule has 0 atom stereocenters. The molecule has 1 fully saturated rings. The number of nitrogens with one attached hydrogen (secondary N) is 1. The van der Waals surface area contributed by atoms with Gasteiger partial charge >= 0.3 is 0 Å². The minimum Gasteiger partial charge on any atom is -0.496 e. The van der Waals surface area contributed by atoms with Crippen molar-refractivity contribution >= 4 is 16.7 Å². The summed E-state index contributed by atoms with van der Waals surface area (Å²) >= 11 is 0. The van der Waals surface area contributed by atoms with Crippen molar-refractivity contribution in [3.05, 3.63) is 73.3 Å². The number of hydrogen-bond donors (Lipinski definition) is 1.